The highest BCUT2D eigenvalue weighted by Gasteiger charge is 2.18. The lowest BCUT2D eigenvalue weighted by Gasteiger charge is -2.18. The number of nitrogens with one attached hydrogen (secondary N) is 2. The third-order valence-electron chi connectivity index (χ3n) is 2.44. The van der Waals surface area contributed by atoms with Crippen molar-refractivity contribution < 1.29 is 4.79 Å². The molecule has 1 atom stereocenters. The molecule has 1 saturated heterocycles. The molecule has 1 rings (SSSR count). The van der Waals surface area contributed by atoms with Crippen LogP contribution in [0.5, 0.6) is 0 Å². The number of hydrogen-bond acceptors (Lipinski definition) is 2. The Hall–Kier alpha value is -0.570. The largest absolute Gasteiger partial charge is 0.356 e. The van der Waals surface area contributed by atoms with E-state index in [1.807, 2.05) is 0 Å². The quantitative estimate of drug-likeness (QED) is 0.714. The first-order valence-electron chi connectivity index (χ1n) is 5.45. The first-order chi connectivity index (χ1) is 6.47. The molecule has 1 unspecified atom stereocenters. The molecule has 1 aliphatic rings. The minimum atomic E-state index is 0.0952. The van der Waals surface area contributed by atoms with Crippen LogP contribution in [0.25, 0.3) is 0 Å². The summed E-state index contributed by atoms with van der Waals surface area (Å²) in [5, 5.41) is 6.30. The van der Waals surface area contributed by atoms with Crippen LogP contribution in [-0.4, -0.2) is 25.5 Å². The fourth-order valence-corrected chi connectivity index (χ4v) is 1.69. The molecule has 14 heavy (non-hydrogen) atoms. The highest BCUT2D eigenvalue weighted by Crippen LogP contribution is 2.17. The Morgan fingerprint density at radius 1 is 1.50 bits per heavy atom. The Morgan fingerprint density at radius 3 is 2.71 bits per heavy atom. The van der Waals surface area contributed by atoms with Crippen LogP contribution in [0.1, 0.15) is 33.6 Å². The predicted octanol–water partition coefficient (Wildman–Crippen LogP) is 1.15. The molecule has 0 spiro atoms. The lowest BCUT2D eigenvalue weighted by molar-refractivity contribution is -0.122. The molecular weight excluding hydrogens is 176 g/mol. The summed E-state index contributed by atoms with van der Waals surface area (Å²) in [6, 6.07) is 0. The van der Waals surface area contributed by atoms with Gasteiger partial charge in [0, 0.05) is 13.0 Å². The van der Waals surface area contributed by atoms with Crippen LogP contribution in [0.15, 0.2) is 0 Å². The van der Waals surface area contributed by atoms with Crippen molar-refractivity contribution in [2.75, 3.05) is 19.6 Å². The maximum absolute atomic E-state index is 11.5. The van der Waals surface area contributed by atoms with Crippen molar-refractivity contribution in [3.8, 4) is 0 Å². The van der Waals surface area contributed by atoms with Gasteiger partial charge < -0.3 is 10.6 Å². The third kappa shape index (κ3) is 4.61. The maximum Gasteiger partial charge on any atom is 0.220 e. The molecule has 0 aromatic rings. The number of amides is 1. The van der Waals surface area contributed by atoms with Crippen molar-refractivity contribution in [3.63, 3.8) is 0 Å². The zero-order chi connectivity index (χ0) is 10.6. The second-order valence-electron chi connectivity index (χ2n) is 5.40. The summed E-state index contributed by atoms with van der Waals surface area (Å²) in [4.78, 5) is 11.5. The molecule has 3 nitrogen and oxygen atoms in total. The highest BCUT2D eigenvalue weighted by atomic mass is 16.1. The smallest absolute Gasteiger partial charge is 0.220 e. The Morgan fingerprint density at radius 2 is 2.21 bits per heavy atom. The van der Waals surface area contributed by atoms with Gasteiger partial charge in [-0.1, -0.05) is 20.8 Å². The van der Waals surface area contributed by atoms with Crippen LogP contribution in [0.3, 0.4) is 0 Å². The van der Waals surface area contributed by atoms with Gasteiger partial charge in [0.15, 0.2) is 0 Å². The molecule has 1 heterocycles. The van der Waals surface area contributed by atoms with Crippen molar-refractivity contribution in [2.24, 2.45) is 11.3 Å². The van der Waals surface area contributed by atoms with Gasteiger partial charge in [-0.15, -0.1) is 0 Å². The van der Waals surface area contributed by atoms with Gasteiger partial charge in [0.25, 0.3) is 0 Å². The Bertz CT molecular complexity index is 190. The lowest BCUT2D eigenvalue weighted by atomic mass is 9.92. The third-order valence-corrected chi connectivity index (χ3v) is 2.44. The summed E-state index contributed by atoms with van der Waals surface area (Å²) >= 11 is 0. The monoisotopic (exact) mass is 198 g/mol. The molecule has 0 aliphatic carbocycles. The minimum Gasteiger partial charge on any atom is -0.356 e. The van der Waals surface area contributed by atoms with Crippen molar-refractivity contribution in [1.29, 1.82) is 0 Å². The summed E-state index contributed by atoms with van der Waals surface area (Å²) < 4.78 is 0. The van der Waals surface area contributed by atoms with Crippen molar-refractivity contribution in [2.45, 2.75) is 33.6 Å². The Labute approximate surface area is 86.6 Å². The van der Waals surface area contributed by atoms with Crippen LogP contribution in [0.2, 0.25) is 0 Å². The molecule has 0 aromatic carbocycles. The van der Waals surface area contributed by atoms with Crippen LogP contribution >= 0.6 is 0 Å². The molecule has 82 valence electrons. The fourth-order valence-electron chi connectivity index (χ4n) is 1.69. The maximum atomic E-state index is 11.5. The first-order valence-corrected chi connectivity index (χ1v) is 5.45. The van der Waals surface area contributed by atoms with E-state index in [0.717, 1.165) is 19.6 Å². The van der Waals surface area contributed by atoms with Crippen molar-refractivity contribution in [3.05, 3.63) is 0 Å². The van der Waals surface area contributed by atoms with Crippen LogP contribution in [-0.2, 0) is 4.79 Å². The average molecular weight is 198 g/mol. The standard InChI is InChI=1S/C11H22N2O/c1-11(2,3)6-10(14)13-8-9-4-5-12-7-9/h9,12H,4-8H2,1-3H3,(H,13,14). The van der Waals surface area contributed by atoms with E-state index in [1.54, 1.807) is 0 Å². The van der Waals surface area contributed by atoms with E-state index in [9.17, 15) is 4.79 Å². The van der Waals surface area contributed by atoms with Gasteiger partial charge in [-0.25, -0.2) is 0 Å². The van der Waals surface area contributed by atoms with E-state index in [-0.39, 0.29) is 11.3 Å². The highest BCUT2D eigenvalue weighted by molar-refractivity contribution is 5.76. The summed E-state index contributed by atoms with van der Waals surface area (Å²) in [7, 11) is 0. The van der Waals surface area contributed by atoms with E-state index in [0.29, 0.717) is 12.3 Å². The first kappa shape index (κ1) is 11.5. The lowest BCUT2D eigenvalue weighted by Crippen LogP contribution is -2.32. The number of carbonyl (C=O) groups is 1. The van der Waals surface area contributed by atoms with Crippen LogP contribution in [0.4, 0.5) is 0 Å². The normalized spacial score (nSPS) is 22.4. The van der Waals surface area contributed by atoms with Crippen LogP contribution in [0, 0.1) is 11.3 Å². The van der Waals surface area contributed by atoms with Gasteiger partial charge in [0.1, 0.15) is 0 Å². The van der Waals surface area contributed by atoms with Crippen molar-refractivity contribution in [1.82, 2.24) is 10.6 Å². The number of hydrogen-bond donors (Lipinski definition) is 2. The van der Waals surface area contributed by atoms with Gasteiger partial charge in [0.2, 0.25) is 5.91 Å². The second-order valence-corrected chi connectivity index (χ2v) is 5.40. The molecule has 0 radical (unpaired) electrons. The molecule has 1 amide bonds. The predicted molar refractivity (Wildman–Crippen MR) is 58.1 cm³/mol. The van der Waals surface area contributed by atoms with Crippen molar-refractivity contribution >= 4 is 5.91 Å². The fraction of sp³-hybridized carbons (Fsp3) is 0.909. The molecule has 2 N–H and O–H groups in total. The topological polar surface area (TPSA) is 41.1 Å². The Kier molecular flexibility index (Phi) is 3.93. The molecule has 0 saturated carbocycles. The van der Waals surface area contributed by atoms with E-state index >= 15 is 0 Å². The van der Waals surface area contributed by atoms with Gasteiger partial charge in [-0.3, -0.25) is 4.79 Å². The average Bonchev–Trinajstić information content (AvgIpc) is 2.49. The van der Waals surface area contributed by atoms with E-state index in [2.05, 4.69) is 31.4 Å². The molecule has 0 aromatic heterocycles. The zero-order valence-electron chi connectivity index (χ0n) is 9.52. The summed E-state index contributed by atoms with van der Waals surface area (Å²) in [6.07, 6.45) is 1.81. The van der Waals surface area contributed by atoms with Crippen LogP contribution < -0.4 is 10.6 Å². The summed E-state index contributed by atoms with van der Waals surface area (Å²) in [5.41, 5.74) is 0.0952. The number of carbonyl (C=O) groups excluding carboxylic acids is 1. The van der Waals surface area contributed by atoms with Gasteiger partial charge in [-0.2, -0.15) is 0 Å². The summed E-state index contributed by atoms with van der Waals surface area (Å²) in [5.74, 6) is 0.823. The van der Waals surface area contributed by atoms with Gasteiger partial charge >= 0.3 is 0 Å². The molecular formula is C11H22N2O. The molecule has 1 fully saturated rings. The SMILES string of the molecule is CC(C)(C)CC(=O)NCC1CCNC1. The molecule has 3 heteroatoms. The van der Waals surface area contributed by atoms with Gasteiger partial charge in [0.05, 0.1) is 0 Å². The van der Waals surface area contributed by atoms with E-state index in [1.165, 1.54) is 6.42 Å². The zero-order valence-corrected chi connectivity index (χ0v) is 9.52. The van der Waals surface area contributed by atoms with Gasteiger partial charge in [-0.05, 0) is 30.8 Å². The van der Waals surface area contributed by atoms with E-state index < -0.39 is 0 Å². The Balaban J connectivity index is 2.14. The second kappa shape index (κ2) is 4.78. The minimum absolute atomic E-state index is 0.0952. The molecule has 1 aliphatic heterocycles. The molecule has 0 bridgehead atoms. The number of rotatable bonds is 3. The van der Waals surface area contributed by atoms with E-state index in [4.69, 9.17) is 0 Å². The summed E-state index contributed by atoms with van der Waals surface area (Å²) in [6.45, 7) is 9.24.